The fourth-order valence-corrected chi connectivity index (χ4v) is 2.37. The second-order valence-electron chi connectivity index (χ2n) is 5.28. The lowest BCUT2D eigenvalue weighted by molar-refractivity contribution is -0.121. The highest BCUT2D eigenvalue weighted by Crippen LogP contribution is 2.33. The first-order chi connectivity index (χ1) is 8.70. The zero-order chi connectivity index (χ0) is 13.0. The van der Waals surface area contributed by atoms with Gasteiger partial charge in [-0.15, -0.1) is 0 Å². The molecule has 2 unspecified atom stereocenters. The highest BCUT2D eigenvalue weighted by Gasteiger charge is 2.25. The second kappa shape index (κ2) is 6.01. The van der Waals surface area contributed by atoms with Crippen LogP contribution in [0.3, 0.4) is 0 Å². The molecule has 0 saturated carbocycles. The van der Waals surface area contributed by atoms with Crippen molar-refractivity contribution in [3.05, 3.63) is 35.4 Å². The van der Waals surface area contributed by atoms with Crippen molar-refractivity contribution >= 4 is 5.91 Å². The quantitative estimate of drug-likeness (QED) is 0.804. The second-order valence-corrected chi connectivity index (χ2v) is 5.28. The molecule has 3 nitrogen and oxygen atoms in total. The first-order valence-electron chi connectivity index (χ1n) is 6.75. The van der Waals surface area contributed by atoms with Gasteiger partial charge in [-0.05, 0) is 36.4 Å². The highest BCUT2D eigenvalue weighted by molar-refractivity contribution is 5.76. The molecule has 1 aliphatic rings. The van der Waals surface area contributed by atoms with E-state index in [1.54, 1.807) is 0 Å². The Morgan fingerprint density at radius 1 is 1.50 bits per heavy atom. The van der Waals surface area contributed by atoms with Crippen molar-refractivity contribution in [3.63, 3.8) is 0 Å². The van der Waals surface area contributed by atoms with E-state index in [9.17, 15) is 4.79 Å². The first-order valence-corrected chi connectivity index (χ1v) is 6.75. The Balaban J connectivity index is 1.69. The molecular formula is C15H22N2O. The average Bonchev–Trinajstić information content (AvgIpc) is 2.37. The van der Waals surface area contributed by atoms with Crippen LogP contribution < -0.4 is 11.1 Å². The summed E-state index contributed by atoms with van der Waals surface area (Å²) in [5.41, 5.74) is 8.35. The zero-order valence-electron chi connectivity index (χ0n) is 11.0. The monoisotopic (exact) mass is 246 g/mol. The summed E-state index contributed by atoms with van der Waals surface area (Å²) in [5.74, 6) is 1.09. The molecule has 0 bridgehead atoms. The number of carbonyl (C=O) groups excluding carboxylic acids is 1. The molecule has 98 valence electrons. The third kappa shape index (κ3) is 3.10. The van der Waals surface area contributed by atoms with E-state index >= 15 is 0 Å². The molecular weight excluding hydrogens is 224 g/mol. The van der Waals surface area contributed by atoms with Crippen LogP contribution >= 0.6 is 0 Å². The van der Waals surface area contributed by atoms with Crippen molar-refractivity contribution in [2.75, 3.05) is 13.1 Å². The summed E-state index contributed by atoms with van der Waals surface area (Å²) >= 11 is 0. The molecule has 1 aromatic carbocycles. The number of hydrogen-bond donors (Lipinski definition) is 2. The van der Waals surface area contributed by atoms with Gasteiger partial charge in [0.25, 0.3) is 0 Å². The van der Waals surface area contributed by atoms with Gasteiger partial charge in [0.05, 0.1) is 0 Å². The van der Waals surface area contributed by atoms with E-state index in [1.807, 2.05) is 0 Å². The van der Waals surface area contributed by atoms with Crippen LogP contribution in [0.5, 0.6) is 0 Å². The third-order valence-electron chi connectivity index (χ3n) is 3.77. The van der Waals surface area contributed by atoms with Gasteiger partial charge in [-0.25, -0.2) is 0 Å². The van der Waals surface area contributed by atoms with E-state index in [0.717, 1.165) is 19.4 Å². The van der Waals surface area contributed by atoms with Crippen molar-refractivity contribution in [1.82, 2.24) is 5.32 Å². The van der Waals surface area contributed by atoms with E-state index in [1.165, 1.54) is 11.1 Å². The largest absolute Gasteiger partial charge is 0.355 e. The van der Waals surface area contributed by atoms with Crippen molar-refractivity contribution in [1.29, 1.82) is 0 Å². The molecule has 1 aliphatic carbocycles. The highest BCUT2D eigenvalue weighted by atomic mass is 16.1. The van der Waals surface area contributed by atoms with Gasteiger partial charge >= 0.3 is 0 Å². The standard InChI is InChI=1S/C15H22N2O/c1-11(9-16)6-7-15(18)17-10-13-8-12-4-2-3-5-14(12)13/h2-5,11,13H,6-10,16H2,1H3,(H,17,18). The number of hydrogen-bond acceptors (Lipinski definition) is 2. The molecule has 0 spiro atoms. The molecule has 3 N–H and O–H groups in total. The molecule has 1 amide bonds. The summed E-state index contributed by atoms with van der Waals surface area (Å²) < 4.78 is 0. The number of nitrogens with one attached hydrogen (secondary N) is 1. The van der Waals surface area contributed by atoms with Crippen molar-refractivity contribution in [3.8, 4) is 0 Å². The lowest BCUT2D eigenvalue weighted by Gasteiger charge is -2.30. The molecule has 0 heterocycles. The molecule has 3 heteroatoms. The summed E-state index contributed by atoms with van der Waals surface area (Å²) in [6.07, 6.45) is 2.56. The maximum atomic E-state index is 11.7. The normalized spacial score (nSPS) is 18.7. The van der Waals surface area contributed by atoms with Gasteiger partial charge in [-0.3, -0.25) is 4.79 Å². The Morgan fingerprint density at radius 2 is 2.28 bits per heavy atom. The van der Waals surface area contributed by atoms with Crippen LogP contribution in [0.4, 0.5) is 0 Å². The van der Waals surface area contributed by atoms with Crippen LogP contribution in [0.1, 0.15) is 36.8 Å². The minimum atomic E-state index is 0.152. The molecule has 2 rings (SSSR count). The Hall–Kier alpha value is -1.35. The van der Waals surface area contributed by atoms with Crippen LogP contribution in [0.2, 0.25) is 0 Å². The minimum absolute atomic E-state index is 0.152. The van der Waals surface area contributed by atoms with Gasteiger partial charge in [0.2, 0.25) is 5.91 Å². The fourth-order valence-electron chi connectivity index (χ4n) is 2.37. The van der Waals surface area contributed by atoms with Crippen LogP contribution in [0.25, 0.3) is 0 Å². The van der Waals surface area contributed by atoms with E-state index < -0.39 is 0 Å². The van der Waals surface area contributed by atoms with Crippen LogP contribution in [0, 0.1) is 5.92 Å². The van der Waals surface area contributed by atoms with Gasteiger partial charge < -0.3 is 11.1 Å². The molecule has 18 heavy (non-hydrogen) atoms. The lowest BCUT2D eigenvalue weighted by Crippen LogP contribution is -2.33. The number of nitrogens with two attached hydrogens (primary N) is 1. The smallest absolute Gasteiger partial charge is 0.220 e. The van der Waals surface area contributed by atoms with Crippen LogP contribution in [0.15, 0.2) is 24.3 Å². The number of amides is 1. The Kier molecular flexibility index (Phi) is 4.37. The average molecular weight is 246 g/mol. The third-order valence-corrected chi connectivity index (χ3v) is 3.77. The maximum Gasteiger partial charge on any atom is 0.220 e. The number of rotatable bonds is 6. The van der Waals surface area contributed by atoms with Gasteiger partial charge in [0.1, 0.15) is 0 Å². The topological polar surface area (TPSA) is 55.1 Å². The van der Waals surface area contributed by atoms with Crippen molar-refractivity contribution in [2.45, 2.75) is 32.1 Å². The van der Waals surface area contributed by atoms with Gasteiger partial charge in [-0.1, -0.05) is 31.2 Å². The summed E-state index contributed by atoms with van der Waals surface area (Å²) in [6.45, 7) is 3.51. The Labute approximate surface area is 109 Å². The lowest BCUT2D eigenvalue weighted by atomic mass is 9.77. The summed E-state index contributed by atoms with van der Waals surface area (Å²) in [6, 6.07) is 8.46. The predicted molar refractivity (Wildman–Crippen MR) is 73.3 cm³/mol. The van der Waals surface area contributed by atoms with Crippen LogP contribution in [-0.4, -0.2) is 19.0 Å². The number of benzene rings is 1. The van der Waals surface area contributed by atoms with E-state index in [-0.39, 0.29) is 5.91 Å². The van der Waals surface area contributed by atoms with Gasteiger partial charge in [0.15, 0.2) is 0 Å². The van der Waals surface area contributed by atoms with Gasteiger partial charge in [-0.2, -0.15) is 0 Å². The first kappa shape index (κ1) is 13.1. The Bertz CT molecular complexity index is 417. The van der Waals surface area contributed by atoms with E-state index in [0.29, 0.717) is 24.8 Å². The fraction of sp³-hybridized carbons (Fsp3) is 0.533. The van der Waals surface area contributed by atoms with E-state index in [4.69, 9.17) is 5.73 Å². The SMILES string of the molecule is CC(CN)CCC(=O)NCC1Cc2ccccc21. The van der Waals surface area contributed by atoms with E-state index in [2.05, 4.69) is 36.5 Å². The summed E-state index contributed by atoms with van der Waals surface area (Å²) in [5, 5.41) is 3.03. The minimum Gasteiger partial charge on any atom is -0.355 e. The Morgan fingerprint density at radius 3 is 3.00 bits per heavy atom. The zero-order valence-corrected chi connectivity index (χ0v) is 11.0. The predicted octanol–water partition coefficient (Wildman–Crippen LogP) is 1.82. The maximum absolute atomic E-state index is 11.7. The molecule has 0 fully saturated rings. The number of fused-ring (bicyclic) bond motifs is 1. The summed E-state index contributed by atoms with van der Waals surface area (Å²) in [4.78, 5) is 11.7. The molecule has 0 aromatic heterocycles. The summed E-state index contributed by atoms with van der Waals surface area (Å²) in [7, 11) is 0. The molecule has 0 aliphatic heterocycles. The molecule has 0 saturated heterocycles. The molecule has 1 aromatic rings. The van der Waals surface area contributed by atoms with Gasteiger partial charge in [0, 0.05) is 18.9 Å². The molecule has 2 atom stereocenters. The van der Waals surface area contributed by atoms with Crippen molar-refractivity contribution < 1.29 is 4.79 Å². The molecule has 0 radical (unpaired) electrons. The number of carbonyl (C=O) groups is 1. The van der Waals surface area contributed by atoms with Crippen LogP contribution in [-0.2, 0) is 11.2 Å². The van der Waals surface area contributed by atoms with Crippen molar-refractivity contribution in [2.24, 2.45) is 11.7 Å².